The van der Waals surface area contributed by atoms with E-state index in [2.05, 4.69) is 56.5 Å². The Morgan fingerprint density at radius 3 is 2.83 bits per heavy atom. The van der Waals surface area contributed by atoms with Crippen molar-refractivity contribution in [1.29, 1.82) is 0 Å². The lowest BCUT2D eigenvalue weighted by atomic mass is 10.1. The average molecular weight is 381 g/mol. The second-order valence-corrected chi connectivity index (χ2v) is 7.47. The Bertz CT molecular complexity index is 1160. The van der Waals surface area contributed by atoms with E-state index in [4.69, 9.17) is 4.98 Å². The van der Waals surface area contributed by atoms with E-state index >= 15 is 0 Å². The van der Waals surface area contributed by atoms with Crippen LogP contribution in [0.15, 0.2) is 73.8 Å². The lowest BCUT2D eigenvalue weighted by molar-refractivity contribution is 0.243. The smallest absolute Gasteiger partial charge is 0.159 e. The first-order valence-corrected chi connectivity index (χ1v) is 9.97. The van der Waals surface area contributed by atoms with Gasteiger partial charge in [-0.25, -0.2) is 9.97 Å². The highest BCUT2D eigenvalue weighted by atomic mass is 15.1. The maximum atomic E-state index is 4.82. The molecule has 4 aromatic rings. The summed E-state index contributed by atoms with van der Waals surface area (Å²) in [7, 11) is 0. The molecule has 0 N–H and O–H groups in total. The van der Waals surface area contributed by atoms with Gasteiger partial charge in [-0.1, -0.05) is 24.3 Å². The fourth-order valence-electron chi connectivity index (χ4n) is 4.13. The molecule has 0 aliphatic carbocycles. The topological polar surface area (TPSA) is 46.8 Å². The monoisotopic (exact) mass is 381 g/mol. The zero-order valence-electron chi connectivity index (χ0n) is 16.3. The predicted molar refractivity (Wildman–Crippen MR) is 115 cm³/mol. The molecule has 5 nitrogen and oxygen atoms in total. The second kappa shape index (κ2) is 7.60. The molecule has 0 saturated heterocycles. The van der Waals surface area contributed by atoms with Crippen LogP contribution in [0.4, 0.5) is 0 Å². The van der Waals surface area contributed by atoms with E-state index in [0.29, 0.717) is 0 Å². The van der Waals surface area contributed by atoms with Gasteiger partial charge in [0.15, 0.2) is 5.82 Å². The Morgan fingerprint density at radius 1 is 1.10 bits per heavy atom. The number of hydrogen-bond acceptors (Lipinski definition) is 4. The highest BCUT2D eigenvalue weighted by molar-refractivity contribution is 5.84. The first kappa shape index (κ1) is 17.8. The molecule has 4 heterocycles. The Balaban J connectivity index is 1.38. The fourth-order valence-corrected chi connectivity index (χ4v) is 4.13. The summed E-state index contributed by atoms with van der Waals surface area (Å²) in [5.41, 5.74) is 6.03. The number of allylic oxidation sites excluding steroid dienone is 1. The van der Waals surface area contributed by atoms with Crippen molar-refractivity contribution >= 4 is 10.9 Å². The summed E-state index contributed by atoms with van der Waals surface area (Å²) in [6, 6.07) is 12.5. The van der Waals surface area contributed by atoms with Crippen molar-refractivity contribution in [3.8, 4) is 11.4 Å². The first-order valence-electron chi connectivity index (χ1n) is 9.97. The van der Waals surface area contributed by atoms with E-state index < -0.39 is 0 Å². The maximum Gasteiger partial charge on any atom is 0.159 e. The van der Waals surface area contributed by atoms with Crippen LogP contribution in [0.3, 0.4) is 0 Å². The Morgan fingerprint density at radius 2 is 1.97 bits per heavy atom. The number of fused-ring (bicyclic) bond motifs is 2. The maximum absolute atomic E-state index is 4.82. The molecular formula is C24H23N5. The van der Waals surface area contributed by atoms with Crippen LogP contribution in [-0.4, -0.2) is 31.0 Å². The van der Waals surface area contributed by atoms with Crippen LogP contribution in [0.25, 0.3) is 22.3 Å². The summed E-state index contributed by atoms with van der Waals surface area (Å²) in [6.07, 6.45) is 10.7. The normalized spacial score (nSPS) is 14.1. The van der Waals surface area contributed by atoms with Gasteiger partial charge in [-0.05, 0) is 23.8 Å². The van der Waals surface area contributed by atoms with Crippen molar-refractivity contribution in [1.82, 2.24) is 24.4 Å². The van der Waals surface area contributed by atoms with Crippen molar-refractivity contribution in [2.45, 2.75) is 26.1 Å². The van der Waals surface area contributed by atoms with Crippen LogP contribution in [0.5, 0.6) is 0 Å². The van der Waals surface area contributed by atoms with Crippen molar-refractivity contribution in [3.63, 3.8) is 0 Å². The van der Waals surface area contributed by atoms with Crippen molar-refractivity contribution < 1.29 is 0 Å². The third kappa shape index (κ3) is 3.45. The van der Waals surface area contributed by atoms with Gasteiger partial charge in [-0.15, -0.1) is 6.58 Å². The van der Waals surface area contributed by atoms with Crippen molar-refractivity contribution in [2.24, 2.45) is 0 Å². The van der Waals surface area contributed by atoms with Crippen LogP contribution < -0.4 is 0 Å². The van der Waals surface area contributed by atoms with Crippen LogP contribution >= 0.6 is 0 Å². The molecule has 1 aromatic carbocycles. The van der Waals surface area contributed by atoms with Gasteiger partial charge in [0.25, 0.3) is 0 Å². The van der Waals surface area contributed by atoms with Gasteiger partial charge in [0, 0.05) is 79.4 Å². The number of hydrogen-bond donors (Lipinski definition) is 0. The zero-order chi connectivity index (χ0) is 19.6. The molecule has 5 heteroatoms. The summed E-state index contributed by atoms with van der Waals surface area (Å²) in [5.74, 6) is 0.784. The molecule has 0 saturated carbocycles. The van der Waals surface area contributed by atoms with E-state index in [9.17, 15) is 0 Å². The van der Waals surface area contributed by atoms with Crippen LogP contribution in [-0.2, 0) is 26.1 Å². The van der Waals surface area contributed by atoms with Crippen LogP contribution in [0.1, 0.15) is 16.8 Å². The standard InChI is InChI=1S/C24H23N5/c1-2-12-29-17-20(21-5-3-4-6-23(21)29)16-28-13-9-22-19(15-28)14-26-24(27-22)18-7-10-25-11-8-18/h2-8,10-11,14,17H,1,9,12-13,15-16H2. The largest absolute Gasteiger partial charge is 0.343 e. The molecule has 0 fully saturated rings. The lowest BCUT2D eigenvalue weighted by Gasteiger charge is -2.27. The highest BCUT2D eigenvalue weighted by Gasteiger charge is 2.20. The van der Waals surface area contributed by atoms with Gasteiger partial charge in [0.1, 0.15) is 0 Å². The molecule has 1 aliphatic heterocycles. The third-order valence-electron chi connectivity index (χ3n) is 5.54. The molecule has 0 amide bonds. The molecule has 144 valence electrons. The molecule has 3 aromatic heterocycles. The quantitative estimate of drug-likeness (QED) is 0.485. The third-order valence-corrected chi connectivity index (χ3v) is 5.54. The van der Waals surface area contributed by atoms with Gasteiger partial charge in [0.05, 0.1) is 5.69 Å². The van der Waals surface area contributed by atoms with Crippen LogP contribution in [0, 0.1) is 0 Å². The number of rotatable bonds is 5. The molecular weight excluding hydrogens is 358 g/mol. The highest BCUT2D eigenvalue weighted by Crippen LogP contribution is 2.26. The minimum Gasteiger partial charge on any atom is -0.343 e. The van der Waals surface area contributed by atoms with Gasteiger partial charge < -0.3 is 4.57 Å². The minimum absolute atomic E-state index is 0.784. The molecule has 0 radical (unpaired) electrons. The first-order chi connectivity index (χ1) is 14.3. The molecule has 29 heavy (non-hydrogen) atoms. The average Bonchev–Trinajstić information content (AvgIpc) is 3.12. The summed E-state index contributed by atoms with van der Waals surface area (Å²) < 4.78 is 2.28. The Labute approximate surface area is 170 Å². The molecule has 1 aliphatic rings. The molecule has 5 rings (SSSR count). The summed E-state index contributed by atoms with van der Waals surface area (Å²) in [5, 5.41) is 1.32. The van der Waals surface area contributed by atoms with E-state index in [1.807, 2.05) is 24.4 Å². The van der Waals surface area contributed by atoms with Gasteiger partial charge in [-0.3, -0.25) is 9.88 Å². The number of para-hydroxylation sites is 1. The van der Waals surface area contributed by atoms with E-state index in [1.54, 1.807) is 12.4 Å². The van der Waals surface area contributed by atoms with Crippen LogP contribution in [0.2, 0.25) is 0 Å². The number of aromatic nitrogens is 4. The van der Waals surface area contributed by atoms with E-state index in [-0.39, 0.29) is 0 Å². The predicted octanol–water partition coefficient (Wildman–Crippen LogP) is 4.24. The minimum atomic E-state index is 0.784. The number of nitrogens with zero attached hydrogens (tertiary/aromatic N) is 5. The summed E-state index contributed by atoms with van der Waals surface area (Å²) in [4.78, 5) is 16.0. The Kier molecular flexibility index (Phi) is 4.66. The second-order valence-electron chi connectivity index (χ2n) is 7.47. The molecule has 0 unspecified atom stereocenters. The summed E-state index contributed by atoms with van der Waals surface area (Å²) >= 11 is 0. The number of pyridine rings is 1. The van der Waals surface area contributed by atoms with Crippen molar-refractivity contribution in [3.05, 3.63) is 90.7 Å². The van der Waals surface area contributed by atoms with Gasteiger partial charge in [-0.2, -0.15) is 0 Å². The summed E-state index contributed by atoms with van der Waals surface area (Å²) in [6.45, 7) is 7.53. The van der Waals surface area contributed by atoms with E-state index in [1.165, 1.54) is 22.0 Å². The molecule has 0 atom stereocenters. The van der Waals surface area contributed by atoms with Gasteiger partial charge in [0.2, 0.25) is 0 Å². The fraction of sp³-hybridized carbons (Fsp3) is 0.208. The number of benzene rings is 1. The SMILES string of the molecule is C=CCn1cc(CN2CCc3nc(-c4ccncc4)ncc3C2)c2ccccc21. The Hall–Kier alpha value is -3.31. The van der Waals surface area contributed by atoms with Gasteiger partial charge >= 0.3 is 0 Å². The van der Waals surface area contributed by atoms with E-state index in [0.717, 1.165) is 49.7 Å². The molecule has 0 spiro atoms. The lowest BCUT2D eigenvalue weighted by Crippen LogP contribution is -2.30. The molecule has 0 bridgehead atoms. The van der Waals surface area contributed by atoms with Crippen molar-refractivity contribution in [2.75, 3.05) is 6.54 Å². The zero-order valence-corrected chi connectivity index (χ0v) is 16.3.